The van der Waals surface area contributed by atoms with Crippen molar-refractivity contribution in [2.24, 2.45) is 5.92 Å². The highest BCUT2D eigenvalue weighted by molar-refractivity contribution is 5.87. The van der Waals surface area contributed by atoms with Gasteiger partial charge in [0.1, 0.15) is 6.04 Å². The highest BCUT2D eigenvalue weighted by Gasteiger charge is 2.35. The van der Waals surface area contributed by atoms with Crippen LogP contribution in [0.15, 0.2) is 24.3 Å². The van der Waals surface area contributed by atoms with E-state index in [-0.39, 0.29) is 23.4 Å². The van der Waals surface area contributed by atoms with Crippen LogP contribution >= 0.6 is 0 Å². The van der Waals surface area contributed by atoms with E-state index in [4.69, 9.17) is 0 Å². The molecule has 3 rings (SSSR count). The molecule has 1 aromatic rings. The third-order valence-electron chi connectivity index (χ3n) is 5.51. The SMILES string of the molecule is CC(=O)NC(C(=O)N1CCN(c2ccc([N+](=O)[O-])cc2)CC1)C1CCCC1. The number of rotatable bonds is 5. The molecule has 1 N–H and O–H groups in total. The molecule has 2 amide bonds. The van der Waals surface area contributed by atoms with E-state index in [0.29, 0.717) is 26.2 Å². The number of nitro groups is 1. The number of carbonyl (C=O) groups excluding carboxylic acids is 2. The van der Waals surface area contributed by atoms with Crippen molar-refractivity contribution in [1.82, 2.24) is 10.2 Å². The minimum Gasteiger partial charge on any atom is -0.368 e. The van der Waals surface area contributed by atoms with Crippen LogP contribution in [0.4, 0.5) is 11.4 Å². The van der Waals surface area contributed by atoms with Crippen molar-refractivity contribution in [3.63, 3.8) is 0 Å². The van der Waals surface area contributed by atoms with E-state index in [1.165, 1.54) is 19.1 Å². The topological polar surface area (TPSA) is 95.8 Å². The highest BCUT2D eigenvalue weighted by Crippen LogP contribution is 2.29. The fraction of sp³-hybridized carbons (Fsp3) is 0.579. The summed E-state index contributed by atoms with van der Waals surface area (Å²) in [7, 11) is 0. The van der Waals surface area contributed by atoms with Crippen molar-refractivity contribution in [3.8, 4) is 0 Å². The molecule has 2 fully saturated rings. The molecule has 27 heavy (non-hydrogen) atoms. The van der Waals surface area contributed by atoms with Crippen LogP contribution in [0, 0.1) is 16.0 Å². The summed E-state index contributed by atoms with van der Waals surface area (Å²) in [5.41, 5.74) is 0.990. The van der Waals surface area contributed by atoms with Gasteiger partial charge in [-0.15, -0.1) is 0 Å². The van der Waals surface area contributed by atoms with Crippen LogP contribution in [0.1, 0.15) is 32.6 Å². The Bertz CT molecular complexity index is 692. The molecule has 1 aromatic carbocycles. The maximum absolute atomic E-state index is 13.0. The Morgan fingerprint density at radius 2 is 1.70 bits per heavy atom. The first-order chi connectivity index (χ1) is 13.0. The van der Waals surface area contributed by atoms with Crippen LogP contribution in [-0.2, 0) is 9.59 Å². The molecule has 8 nitrogen and oxygen atoms in total. The molecule has 1 heterocycles. The zero-order chi connectivity index (χ0) is 19.4. The van der Waals surface area contributed by atoms with Crippen LogP contribution in [0.5, 0.6) is 0 Å². The lowest BCUT2D eigenvalue weighted by molar-refractivity contribution is -0.384. The summed E-state index contributed by atoms with van der Waals surface area (Å²) in [5.74, 6) is 0.0827. The van der Waals surface area contributed by atoms with Gasteiger partial charge < -0.3 is 15.1 Å². The Hall–Kier alpha value is -2.64. The predicted molar refractivity (Wildman–Crippen MR) is 101 cm³/mol. The number of hydrogen-bond acceptors (Lipinski definition) is 5. The molecular weight excluding hydrogens is 348 g/mol. The minimum atomic E-state index is -0.420. The summed E-state index contributed by atoms with van der Waals surface area (Å²) in [6, 6.07) is 6.07. The third kappa shape index (κ3) is 4.56. The smallest absolute Gasteiger partial charge is 0.269 e. The first-order valence-corrected chi connectivity index (χ1v) is 9.51. The van der Waals surface area contributed by atoms with E-state index >= 15 is 0 Å². The predicted octanol–water partition coefficient (Wildman–Crippen LogP) is 1.94. The van der Waals surface area contributed by atoms with E-state index in [1.54, 1.807) is 12.1 Å². The molecule has 1 unspecified atom stereocenters. The van der Waals surface area contributed by atoms with Gasteiger partial charge >= 0.3 is 0 Å². The lowest BCUT2D eigenvalue weighted by atomic mass is 9.96. The average Bonchev–Trinajstić information content (AvgIpc) is 3.20. The second kappa shape index (κ2) is 8.37. The van der Waals surface area contributed by atoms with Crippen LogP contribution in [0.2, 0.25) is 0 Å². The number of hydrogen-bond donors (Lipinski definition) is 1. The summed E-state index contributed by atoms with van der Waals surface area (Å²) in [6.07, 6.45) is 4.20. The monoisotopic (exact) mass is 374 g/mol. The molecule has 1 atom stereocenters. The van der Waals surface area contributed by atoms with E-state index in [1.807, 2.05) is 4.90 Å². The van der Waals surface area contributed by atoms with Crippen LogP contribution in [-0.4, -0.2) is 53.9 Å². The number of non-ortho nitro benzene ring substituents is 1. The molecule has 1 saturated carbocycles. The Balaban J connectivity index is 1.60. The van der Waals surface area contributed by atoms with E-state index in [9.17, 15) is 19.7 Å². The lowest BCUT2D eigenvalue weighted by Crippen LogP contribution is -2.56. The molecule has 2 aliphatic rings. The summed E-state index contributed by atoms with van der Waals surface area (Å²) in [4.78, 5) is 38.9. The van der Waals surface area contributed by atoms with Gasteiger partial charge in [0.05, 0.1) is 4.92 Å². The number of piperazine rings is 1. The number of nitrogens with zero attached hydrogens (tertiary/aromatic N) is 3. The molecule has 1 aliphatic heterocycles. The molecule has 0 bridgehead atoms. The van der Waals surface area contributed by atoms with Crippen LogP contribution in [0.25, 0.3) is 0 Å². The first kappa shape index (κ1) is 19.1. The summed E-state index contributed by atoms with van der Waals surface area (Å²) in [6.45, 7) is 3.96. The number of anilines is 1. The largest absolute Gasteiger partial charge is 0.368 e. The molecule has 0 radical (unpaired) electrons. The van der Waals surface area contributed by atoms with Gasteiger partial charge in [0, 0.05) is 50.9 Å². The summed E-state index contributed by atoms with van der Waals surface area (Å²) >= 11 is 0. The van der Waals surface area contributed by atoms with Crippen LogP contribution < -0.4 is 10.2 Å². The third-order valence-corrected chi connectivity index (χ3v) is 5.51. The molecule has 0 aromatic heterocycles. The second-order valence-corrected chi connectivity index (χ2v) is 7.31. The fourth-order valence-electron chi connectivity index (χ4n) is 4.06. The number of carbonyl (C=O) groups is 2. The Kier molecular flexibility index (Phi) is 5.93. The van der Waals surface area contributed by atoms with Crippen LogP contribution in [0.3, 0.4) is 0 Å². The van der Waals surface area contributed by atoms with Crippen molar-refractivity contribution in [3.05, 3.63) is 34.4 Å². The van der Waals surface area contributed by atoms with E-state index < -0.39 is 11.0 Å². The van der Waals surface area contributed by atoms with Crippen molar-refractivity contribution >= 4 is 23.2 Å². The van der Waals surface area contributed by atoms with Gasteiger partial charge in [-0.1, -0.05) is 12.8 Å². The maximum atomic E-state index is 13.0. The summed E-state index contributed by atoms with van der Waals surface area (Å²) in [5, 5.41) is 13.6. The molecule has 8 heteroatoms. The van der Waals surface area contributed by atoms with Gasteiger partial charge in [-0.05, 0) is 30.9 Å². The fourth-order valence-corrected chi connectivity index (χ4v) is 4.06. The molecule has 1 saturated heterocycles. The number of amides is 2. The van der Waals surface area contributed by atoms with Crippen molar-refractivity contribution in [2.75, 3.05) is 31.1 Å². The summed E-state index contributed by atoms with van der Waals surface area (Å²) < 4.78 is 0. The quantitative estimate of drug-likeness (QED) is 0.628. The zero-order valence-corrected chi connectivity index (χ0v) is 15.6. The van der Waals surface area contributed by atoms with Crippen molar-refractivity contribution < 1.29 is 14.5 Å². The van der Waals surface area contributed by atoms with Gasteiger partial charge in [0.25, 0.3) is 5.69 Å². The normalized spacial score (nSPS) is 19.0. The van der Waals surface area contributed by atoms with Crippen molar-refractivity contribution in [2.45, 2.75) is 38.6 Å². The molecule has 146 valence electrons. The average molecular weight is 374 g/mol. The minimum absolute atomic E-state index is 0.0143. The first-order valence-electron chi connectivity index (χ1n) is 9.51. The Labute approximate surface area is 158 Å². The van der Waals surface area contributed by atoms with Gasteiger partial charge in [0.15, 0.2) is 0 Å². The highest BCUT2D eigenvalue weighted by atomic mass is 16.6. The number of nitro benzene ring substituents is 1. The van der Waals surface area contributed by atoms with Gasteiger partial charge in [0.2, 0.25) is 11.8 Å². The Morgan fingerprint density at radius 3 is 2.22 bits per heavy atom. The molecule has 0 spiro atoms. The standard InChI is InChI=1S/C19H26N4O4/c1-14(24)20-18(15-4-2-3-5-15)19(25)22-12-10-21(11-13-22)16-6-8-17(9-7-16)23(26)27/h6-9,15,18H,2-5,10-13H2,1H3,(H,20,24). The van der Waals surface area contributed by atoms with E-state index in [0.717, 1.165) is 31.4 Å². The molecule has 1 aliphatic carbocycles. The number of benzene rings is 1. The lowest BCUT2D eigenvalue weighted by Gasteiger charge is -2.38. The van der Waals surface area contributed by atoms with Gasteiger partial charge in [-0.2, -0.15) is 0 Å². The van der Waals surface area contributed by atoms with E-state index in [2.05, 4.69) is 10.2 Å². The number of nitrogens with one attached hydrogen (secondary N) is 1. The van der Waals surface area contributed by atoms with Gasteiger partial charge in [-0.25, -0.2) is 0 Å². The van der Waals surface area contributed by atoms with Crippen molar-refractivity contribution in [1.29, 1.82) is 0 Å². The zero-order valence-electron chi connectivity index (χ0n) is 15.6. The maximum Gasteiger partial charge on any atom is 0.269 e. The van der Waals surface area contributed by atoms with Gasteiger partial charge in [-0.3, -0.25) is 19.7 Å². The second-order valence-electron chi connectivity index (χ2n) is 7.31. The molecular formula is C19H26N4O4. The Morgan fingerprint density at radius 1 is 1.11 bits per heavy atom.